The van der Waals surface area contributed by atoms with Crippen LogP contribution in [0.15, 0.2) is 29.4 Å². The molecule has 1 aromatic carbocycles. The van der Waals surface area contributed by atoms with Gasteiger partial charge in [-0.2, -0.15) is 0 Å². The number of hydrogen-bond acceptors (Lipinski definition) is 7. The Bertz CT molecular complexity index is 1100. The van der Waals surface area contributed by atoms with Crippen LogP contribution >= 0.6 is 11.8 Å². The molecule has 8 nitrogen and oxygen atoms in total. The number of ether oxygens (including phenoxy) is 1. The van der Waals surface area contributed by atoms with Crippen molar-refractivity contribution in [2.75, 3.05) is 7.11 Å². The fourth-order valence-electron chi connectivity index (χ4n) is 3.73. The van der Waals surface area contributed by atoms with Gasteiger partial charge in [-0.05, 0) is 31.2 Å². The molecule has 0 radical (unpaired) electrons. The van der Waals surface area contributed by atoms with E-state index < -0.39 is 17.3 Å². The van der Waals surface area contributed by atoms with Crippen LogP contribution in [0.2, 0.25) is 0 Å². The van der Waals surface area contributed by atoms with Gasteiger partial charge in [-0.3, -0.25) is 4.79 Å². The molecule has 2 aromatic heterocycles. The first-order valence-corrected chi connectivity index (χ1v) is 11.9. The first-order chi connectivity index (χ1) is 15.4. The van der Waals surface area contributed by atoms with Crippen LogP contribution in [0.3, 0.4) is 0 Å². The van der Waals surface area contributed by atoms with E-state index in [9.17, 15) is 9.59 Å². The van der Waals surface area contributed by atoms with Crippen molar-refractivity contribution in [2.45, 2.75) is 70.0 Å². The van der Waals surface area contributed by atoms with Crippen molar-refractivity contribution >= 4 is 45.7 Å². The second-order valence-corrected chi connectivity index (χ2v) is 9.33. The standard InChI is InChI=1S/C23H31N5O3S/c1-6-12-28-17-11-9-8-10-15(17)19-20(28)25-23(27-26-19)32-18(7-2)21(29)24-16(13-14(3)4)22(30)31-5/h8-11,14,16,18H,6-7,12-13H2,1-5H3,(H,24,29). The van der Waals surface area contributed by atoms with Gasteiger partial charge in [0.15, 0.2) is 5.65 Å². The van der Waals surface area contributed by atoms with Crippen molar-refractivity contribution in [1.29, 1.82) is 0 Å². The number of carbonyl (C=O) groups is 2. The van der Waals surface area contributed by atoms with Gasteiger partial charge < -0.3 is 14.6 Å². The minimum atomic E-state index is -0.671. The number of methoxy groups -OCH3 is 1. The number of fused-ring (bicyclic) bond motifs is 3. The molecule has 9 heteroatoms. The van der Waals surface area contributed by atoms with Crippen LogP contribution in [0, 0.1) is 5.92 Å². The van der Waals surface area contributed by atoms with Crippen molar-refractivity contribution in [1.82, 2.24) is 25.1 Å². The number of aromatic nitrogens is 4. The monoisotopic (exact) mass is 457 g/mol. The van der Waals surface area contributed by atoms with Crippen molar-refractivity contribution in [2.24, 2.45) is 5.92 Å². The summed E-state index contributed by atoms with van der Waals surface area (Å²) in [5.74, 6) is -0.427. The summed E-state index contributed by atoms with van der Waals surface area (Å²) in [5, 5.41) is 12.6. The molecule has 3 aromatic rings. The molecule has 0 saturated carbocycles. The molecule has 1 N–H and O–H groups in total. The Hall–Kier alpha value is -2.68. The maximum atomic E-state index is 12.9. The lowest BCUT2D eigenvalue weighted by Gasteiger charge is -2.21. The Labute approximate surface area is 192 Å². The molecule has 0 bridgehead atoms. The molecule has 2 unspecified atom stereocenters. The number of benzene rings is 1. The number of hydrogen-bond donors (Lipinski definition) is 1. The van der Waals surface area contributed by atoms with E-state index in [-0.39, 0.29) is 11.8 Å². The molecule has 0 fully saturated rings. The summed E-state index contributed by atoms with van der Waals surface area (Å²) in [6, 6.07) is 7.40. The van der Waals surface area contributed by atoms with E-state index in [2.05, 4.69) is 33.1 Å². The van der Waals surface area contributed by atoms with Crippen LogP contribution in [0.5, 0.6) is 0 Å². The third-order valence-corrected chi connectivity index (χ3v) is 6.44. The lowest BCUT2D eigenvalue weighted by Crippen LogP contribution is -2.45. The minimum absolute atomic E-state index is 0.230. The van der Waals surface area contributed by atoms with Gasteiger partial charge >= 0.3 is 5.97 Å². The number of amides is 1. The molecule has 3 rings (SSSR count). The molecular weight excluding hydrogens is 426 g/mol. The van der Waals surface area contributed by atoms with Crippen LogP contribution in [0.1, 0.15) is 47.0 Å². The van der Waals surface area contributed by atoms with Gasteiger partial charge in [0.25, 0.3) is 0 Å². The van der Waals surface area contributed by atoms with Gasteiger partial charge in [0.1, 0.15) is 11.6 Å². The fourth-order valence-corrected chi connectivity index (χ4v) is 4.55. The van der Waals surface area contributed by atoms with E-state index in [0.717, 1.165) is 35.0 Å². The lowest BCUT2D eigenvalue weighted by atomic mass is 10.0. The summed E-state index contributed by atoms with van der Waals surface area (Å²) < 4.78 is 7.01. The maximum Gasteiger partial charge on any atom is 0.328 e. The van der Waals surface area contributed by atoms with Crippen LogP contribution in [-0.4, -0.2) is 50.0 Å². The third-order valence-electron chi connectivity index (χ3n) is 5.22. The molecule has 0 aliphatic heterocycles. The Balaban J connectivity index is 1.86. The van der Waals surface area contributed by atoms with Crippen molar-refractivity contribution in [3.05, 3.63) is 24.3 Å². The molecular formula is C23H31N5O3S. The number of para-hydroxylation sites is 1. The summed E-state index contributed by atoms with van der Waals surface area (Å²) in [5.41, 5.74) is 2.61. The normalized spacial score (nSPS) is 13.4. The van der Waals surface area contributed by atoms with Gasteiger partial charge in [-0.1, -0.05) is 57.7 Å². The zero-order valence-corrected chi connectivity index (χ0v) is 20.1. The zero-order chi connectivity index (χ0) is 23.3. The SMILES string of the molecule is CCCn1c2ccccc2c2nnc(SC(CC)C(=O)NC(CC(C)C)C(=O)OC)nc21. The summed E-state index contributed by atoms with van der Waals surface area (Å²) in [6.45, 7) is 8.86. The predicted octanol–water partition coefficient (Wildman–Crippen LogP) is 3.96. The Morgan fingerprint density at radius 2 is 1.94 bits per heavy atom. The van der Waals surface area contributed by atoms with Crippen molar-refractivity contribution < 1.29 is 14.3 Å². The van der Waals surface area contributed by atoms with Crippen LogP contribution < -0.4 is 5.32 Å². The topological polar surface area (TPSA) is 99.0 Å². The molecule has 1 amide bonds. The van der Waals surface area contributed by atoms with Crippen molar-refractivity contribution in [3.8, 4) is 0 Å². The highest BCUT2D eigenvalue weighted by Gasteiger charge is 2.27. The molecule has 0 spiro atoms. The average Bonchev–Trinajstić information content (AvgIpc) is 3.09. The molecule has 0 aliphatic rings. The number of rotatable bonds is 10. The highest BCUT2D eigenvalue weighted by atomic mass is 32.2. The largest absolute Gasteiger partial charge is 0.467 e. The Kier molecular flexibility index (Phi) is 8.06. The van der Waals surface area contributed by atoms with E-state index in [1.54, 1.807) is 0 Å². The quantitative estimate of drug-likeness (QED) is 0.363. The summed E-state index contributed by atoms with van der Waals surface area (Å²) >= 11 is 1.27. The van der Waals surface area contributed by atoms with Gasteiger partial charge in [-0.25, -0.2) is 9.78 Å². The van der Waals surface area contributed by atoms with Crippen LogP contribution in [0.4, 0.5) is 0 Å². The summed E-state index contributed by atoms with van der Waals surface area (Å²) in [6.07, 6.45) is 2.04. The van der Waals surface area contributed by atoms with E-state index in [4.69, 9.17) is 9.72 Å². The summed E-state index contributed by atoms with van der Waals surface area (Å²) in [7, 11) is 1.33. The van der Waals surface area contributed by atoms with E-state index in [1.165, 1.54) is 18.9 Å². The predicted molar refractivity (Wildman–Crippen MR) is 126 cm³/mol. The average molecular weight is 458 g/mol. The molecule has 172 valence electrons. The Morgan fingerprint density at radius 3 is 2.59 bits per heavy atom. The van der Waals surface area contributed by atoms with E-state index in [1.807, 2.05) is 39.0 Å². The minimum Gasteiger partial charge on any atom is -0.467 e. The smallest absolute Gasteiger partial charge is 0.328 e. The number of thioether (sulfide) groups is 1. The zero-order valence-electron chi connectivity index (χ0n) is 19.3. The van der Waals surface area contributed by atoms with Crippen LogP contribution in [0.25, 0.3) is 22.1 Å². The highest BCUT2D eigenvalue weighted by molar-refractivity contribution is 8.00. The molecule has 2 heterocycles. The van der Waals surface area contributed by atoms with Crippen LogP contribution in [-0.2, 0) is 20.9 Å². The number of esters is 1. The van der Waals surface area contributed by atoms with Gasteiger partial charge in [-0.15, -0.1) is 10.2 Å². The first-order valence-electron chi connectivity index (χ1n) is 11.1. The first kappa shape index (κ1) is 24.0. The Morgan fingerprint density at radius 1 is 1.19 bits per heavy atom. The fraction of sp³-hybridized carbons (Fsp3) is 0.522. The number of nitrogens with one attached hydrogen (secondary N) is 1. The molecule has 0 aliphatic carbocycles. The van der Waals surface area contributed by atoms with Gasteiger partial charge in [0.05, 0.1) is 17.9 Å². The molecule has 2 atom stereocenters. The van der Waals surface area contributed by atoms with Gasteiger partial charge in [0.2, 0.25) is 11.1 Å². The molecule has 0 saturated heterocycles. The number of carbonyl (C=O) groups excluding carboxylic acids is 2. The van der Waals surface area contributed by atoms with Gasteiger partial charge in [0, 0.05) is 11.9 Å². The second kappa shape index (κ2) is 10.8. The molecule has 32 heavy (non-hydrogen) atoms. The summed E-state index contributed by atoms with van der Waals surface area (Å²) in [4.78, 5) is 29.8. The number of aryl methyl sites for hydroxylation is 1. The van der Waals surface area contributed by atoms with Crippen molar-refractivity contribution in [3.63, 3.8) is 0 Å². The van der Waals surface area contributed by atoms with E-state index >= 15 is 0 Å². The second-order valence-electron chi connectivity index (χ2n) is 8.16. The number of nitrogens with zero attached hydrogens (tertiary/aromatic N) is 4. The van der Waals surface area contributed by atoms with E-state index in [0.29, 0.717) is 18.0 Å². The lowest BCUT2D eigenvalue weighted by molar-refractivity contribution is -0.145. The third kappa shape index (κ3) is 5.20. The maximum absolute atomic E-state index is 12.9. The highest BCUT2D eigenvalue weighted by Crippen LogP contribution is 2.29.